The minimum Gasteiger partial charge on any atom is -0.497 e. The molecule has 1 aliphatic rings. The third-order valence-electron chi connectivity index (χ3n) is 3.19. The lowest BCUT2D eigenvalue weighted by molar-refractivity contribution is -0.117. The predicted molar refractivity (Wildman–Crippen MR) is 64.2 cm³/mol. The summed E-state index contributed by atoms with van der Waals surface area (Å²) in [5.41, 5.74) is 2.49. The van der Waals surface area contributed by atoms with Crippen molar-refractivity contribution >= 4 is 11.5 Å². The van der Waals surface area contributed by atoms with Crippen LogP contribution in [-0.4, -0.2) is 26.0 Å². The van der Waals surface area contributed by atoms with Crippen LogP contribution in [0.1, 0.15) is 18.9 Å². The second kappa shape index (κ2) is 4.16. The number of carbonyl (C=O) groups is 1. The molecule has 0 N–H and O–H groups in total. The highest BCUT2D eigenvalue weighted by atomic mass is 16.5. The smallest absolute Gasteiger partial charge is 0.131 e. The number of anilines is 1. The van der Waals surface area contributed by atoms with Crippen LogP contribution in [0.15, 0.2) is 18.2 Å². The Balaban J connectivity index is 2.23. The van der Waals surface area contributed by atoms with E-state index in [9.17, 15) is 4.79 Å². The minimum absolute atomic E-state index is 0.247. The Kier molecular flexibility index (Phi) is 2.86. The molecule has 1 aromatic carbocycles. The van der Waals surface area contributed by atoms with Crippen molar-refractivity contribution in [3.05, 3.63) is 23.8 Å². The number of Topliss-reactive ketones (excluding diaryl/α,β-unsaturated/α-hetero) is 1. The quantitative estimate of drug-likeness (QED) is 0.779. The fourth-order valence-corrected chi connectivity index (χ4v) is 2.32. The molecule has 0 saturated heterocycles. The zero-order valence-corrected chi connectivity index (χ0v) is 9.99. The lowest BCUT2D eigenvalue weighted by atomic mass is 10.1. The van der Waals surface area contributed by atoms with Crippen LogP contribution in [-0.2, 0) is 11.2 Å². The number of fused-ring (bicyclic) bond motifs is 1. The topological polar surface area (TPSA) is 29.5 Å². The van der Waals surface area contributed by atoms with E-state index in [0.29, 0.717) is 12.5 Å². The number of nitrogens with zero attached hydrogens (tertiary/aromatic N) is 1. The molecule has 16 heavy (non-hydrogen) atoms. The molecule has 3 nitrogen and oxygen atoms in total. The van der Waals surface area contributed by atoms with Gasteiger partial charge in [0, 0.05) is 25.2 Å². The fraction of sp³-hybridized carbons (Fsp3) is 0.462. The number of benzene rings is 1. The lowest BCUT2D eigenvalue weighted by Crippen LogP contribution is -2.29. The third-order valence-corrected chi connectivity index (χ3v) is 3.19. The molecule has 1 aliphatic heterocycles. The highest BCUT2D eigenvalue weighted by Gasteiger charge is 2.27. The zero-order valence-electron chi connectivity index (χ0n) is 9.99. The van der Waals surface area contributed by atoms with Gasteiger partial charge in [0.1, 0.15) is 11.5 Å². The van der Waals surface area contributed by atoms with Crippen molar-refractivity contribution in [1.29, 1.82) is 0 Å². The number of carbonyl (C=O) groups excluding carboxylic acids is 1. The van der Waals surface area contributed by atoms with Gasteiger partial charge in [0.25, 0.3) is 0 Å². The molecule has 86 valence electrons. The number of likely N-dealkylation sites (N-methyl/N-ethyl adjacent to an activating group) is 1. The van der Waals surface area contributed by atoms with E-state index < -0.39 is 0 Å². The predicted octanol–water partition coefficient (Wildman–Crippen LogP) is 2.04. The van der Waals surface area contributed by atoms with Crippen LogP contribution in [0.3, 0.4) is 0 Å². The third kappa shape index (κ3) is 1.90. The molecular formula is C13H17NO2. The lowest BCUT2D eigenvalue weighted by Gasteiger charge is -2.21. The Bertz CT molecular complexity index is 414. The normalized spacial score (nSPS) is 18.4. The molecular weight excluding hydrogens is 202 g/mol. The van der Waals surface area contributed by atoms with Crippen LogP contribution in [0.5, 0.6) is 5.75 Å². The van der Waals surface area contributed by atoms with Crippen molar-refractivity contribution in [2.24, 2.45) is 0 Å². The van der Waals surface area contributed by atoms with Gasteiger partial charge in [-0.3, -0.25) is 4.79 Å². The van der Waals surface area contributed by atoms with E-state index in [1.807, 2.05) is 13.1 Å². The Morgan fingerprint density at radius 2 is 2.31 bits per heavy atom. The first-order chi connectivity index (χ1) is 7.61. The summed E-state index contributed by atoms with van der Waals surface area (Å²) in [7, 11) is 3.72. The molecule has 1 aromatic rings. The summed E-state index contributed by atoms with van der Waals surface area (Å²) in [6.45, 7) is 1.65. The van der Waals surface area contributed by atoms with E-state index in [1.165, 1.54) is 11.3 Å². The number of hydrogen-bond acceptors (Lipinski definition) is 3. The minimum atomic E-state index is 0.247. The average Bonchev–Trinajstić information content (AvgIpc) is 2.54. The van der Waals surface area contributed by atoms with Crippen molar-refractivity contribution in [3.63, 3.8) is 0 Å². The van der Waals surface area contributed by atoms with Gasteiger partial charge in [-0.15, -0.1) is 0 Å². The number of ketones is 1. The first-order valence-electron chi connectivity index (χ1n) is 5.51. The van der Waals surface area contributed by atoms with Crippen molar-refractivity contribution < 1.29 is 9.53 Å². The maximum Gasteiger partial charge on any atom is 0.131 e. The van der Waals surface area contributed by atoms with Gasteiger partial charge in [0.2, 0.25) is 0 Å². The van der Waals surface area contributed by atoms with Gasteiger partial charge in [-0.2, -0.15) is 0 Å². The van der Waals surface area contributed by atoms with Crippen LogP contribution in [0.4, 0.5) is 5.69 Å². The van der Waals surface area contributed by atoms with Crippen molar-refractivity contribution in [2.75, 3.05) is 19.1 Å². The Morgan fingerprint density at radius 1 is 1.56 bits per heavy atom. The van der Waals surface area contributed by atoms with Crippen LogP contribution >= 0.6 is 0 Å². The van der Waals surface area contributed by atoms with Crippen LogP contribution < -0.4 is 9.64 Å². The fourth-order valence-electron chi connectivity index (χ4n) is 2.32. The van der Waals surface area contributed by atoms with E-state index in [0.717, 1.165) is 12.2 Å². The molecule has 0 fully saturated rings. The molecule has 0 bridgehead atoms. The first kappa shape index (κ1) is 11.0. The second-order valence-electron chi connectivity index (χ2n) is 4.37. The van der Waals surface area contributed by atoms with Crippen molar-refractivity contribution in [1.82, 2.24) is 0 Å². The average molecular weight is 219 g/mol. The van der Waals surface area contributed by atoms with Gasteiger partial charge in [-0.05, 0) is 37.1 Å². The Hall–Kier alpha value is -1.51. The van der Waals surface area contributed by atoms with E-state index in [2.05, 4.69) is 17.0 Å². The highest BCUT2D eigenvalue weighted by molar-refractivity contribution is 5.77. The van der Waals surface area contributed by atoms with E-state index in [1.54, 1.807) is 14.0 Å². The first-order valence-corrected chi connectivity index (χ1v) is 5.51. The molecule has 1 heterocycles. The molecule has 0 amide bonds. The van der Waals surface area contributed by atoms with Gasteiger partial charge < -0.3 is 9.64 Å². The van der Waals surface area contributed by atoms with Crippen LogP contribution in [0.2, 0.25) is 0 Å². The van der Waals surface area contributed by atoms with Gasteiger partial charge in [0.05, 0.1) is 7.11 Å². The molecule has 1 unspecified atom stereocenters. The van der Waals surface area contributed by atoms with Gasteiger partial charge in [0.15, 0.2) is 0 Å². The molecule has 0 spiro atoms. The summed E-state index contributed by atoms with van der Waals surface area (Å²) in [5.74, 6) is 1.13. The Morgan fingerprint density at radius 3 is 2.94 bits per heavy atom. The number of hydrogen-bond donors (Lipinski definition) is 0. The molecule has 3 heteroatoms. The second-order valence-corrected chi connectivity index (χ2v) is 4.37. The molecule has 2 rings (SSSR count). The molecule has 0 saturated carbocycles. The number of ether oxygens (including phenoxy) is 1. The van der Waals surface area contributed by atoms with Crippen molar-refractivity contribution in [3.8, 4) is 5.75 Å². The molecule has 0 aliphatic carbocycles. The summed E-state index contributed by atoms with van der Waals surface area (Å²) >= 11 is 0. The maximum absolute atomic E-state index is 11.2. The standard InChI is InChI=1S/C13H17NO2/c1-9(15)6-11-7-10-8-12(16-3)4-5-13(10)14(11)2/h4-5,8,11H,6-7H2,1-3H3. The summed E-state index contributed by atoms with van der Waals surface area (Å²) in [6.07, 6.45) is 1.55. The Labute approximate surface area is 96.0 Å². The number of rotatable bonds is 3. The zero-order chi connectivity index (χ0) is 11.7. The molecule has 0 aromatic heterocycles. The van der Waals surface area contributed by atoms with Gasteiger partial charge in [-0.1, -0.05) is 0 Å². The van der Waals surface area contributed by atoms with Gasteiger partial charge >= 0.3 is 0 Å². The van der Waals surface area contributed by atoms with E-state index in [4.69, 9.17) is 4.74 Å². The maximum atomic E-state index is 11.2. The number of methoxy groups -OCH3 is 1. The SMILES string of the molecule is COc1ccc2c(c1)CC(CC(C)=O)N2C. The van der Waals surface area contributed by atoms with Crippen LogP contribution in [0.25, 0.3) is 0 Å². The summed E-state index contributed by atoms with van der Waals surface area (Å²) in [4.78, 5) is 13.4. The van der Waals surface area contributed by atoms with Gasteiger partial charge in [-0.25, -0.2) is 0 Å². The summed E-state index contributed by atoms with van der Waals surface area (Å²) in [5, 5.41) is 0. The molecule has 1 atom stereocenters. The van der Waals surface area contributed by atoms with Crippen molar-refractivity contribution in [2.45, 2.75) is 25.8 Å². The summed E-state index contributed by atoms with van der Waals surface area (Å²) in [6, 6.07) is 6.39. The molecule has 0 radical (unpaired) electrons. The van der Waals surface area contributed by atoms with E-state index >= 15 is 0 Å². The van der Waals surface area contributed by atoms with Crippen LogP contribution in [0, 0.1) is 0 Å². The summed E-state index contributed by atoms with van der Waals surface area (Å²) < 4.78 is 5.21. The largest absolute Gasteiger partial charge is 0.497 e. The highest BCUT2D eigenvalue weighted by Crippen LogP contribution is 2.34. The van der Waals surface area contributed by atoms with E-state index in [-0.39, 0.29) is 5.78 Å². The monoisotopic (exact) mass is 219 g/mol.